The van der Waals surface area contributed by atoms with E-state index >= 15 is 0 Å². The predicted molar refractivity (Wildman–Crippen MR) is 93.7 cm³/mol. The number of rotatable bonds is 5. The molecule has 1 aliphatic carbocycles. The van der Waals surface area contributed by atoms with Gasteiger partial charge in [-0.25, -0.2) is 0 Å². The van der Waals surface area contributed by atoms with Crippen LogP contribution in [0.4, 0.5) is 0 Å². The minimum atomic E-state index is -0.464. The van der Waals surface area contributed by atoms with E-state index in [0.717, 1.165) is 17.5 Å². The lowest BCUT2D eigenvalue weighted by molar-refractivity contribution is -0.131. The average molecular weight is 343 g/mol. The van der Waals surface area contributed by atoms with Crippen molar-refractivity contribution in [1.82, 2.24) is 4.90 Å². The van der Waals surface area contributed by atoms with Gasteiger partial charge in [0.05, 0.1) is 0 Å². The molecule has 0 saturated heterocycles. The minimum absolute atomic E-state index is 0.00721. The topological polar surface area (TPSA) is 63.4 Å². The van der Waals surface area contributed by atoms with Crippen molar-refractivity contribution in [2.75, 3.05) is 7.05 Å². The quantitative estimate of drug-likeness (QED) is 0.906. The lowest BCUT2D eigenvalue weighted by Gasteiger charge is -2.18. The predicted octanol–water partition coefficient (Wildman–Crippen LogP) is 3.20. The molecule has 0 aromatic heterocycles. The Labute approximate surface area is 146 Å². The Morgan fingerprint density at radius 2 is 1.96 bits per heavy atom. The van der Waals surface area contributed by atoms with Gasteiger partial charge in [0.1, 0.15) is 0 Å². The van der Waals surface area contributed by atoms with Crippen molar-refractivity contribution in [2.24, 2.45) is 11.7 Å². The molecule has 0 bridgehead atoms. The lowest BCUT2D eigenvalue weighted by Crippen LogP contribution is -2.28. The maximum Gasteiger partial charge on any atom is 0.248 e. The summed E-state index contributed by atoms with van der Waals surface area (Å²) in [6, 6.07) is 14.8. The van der Waals surface area contributed by atoms with Crippen LogP contribution in [0.25, 0.3) is 0 Å². The first kappa shape index (κ1) is 16.5. The Balaban J connectivity index is 1.64. The highest BCUT2D eigenvalue weighted by Crippen LogP contribution is 2.48. The summed E-state index contributed by atoms with van der Waals surface area (Å²) in [5.74, 6) is -0.0955. The zero-order valence-electron chi connectivity index (χ0n) is 13.4. The summed E-state index contributed by atoms with van der Waals surface area (Å²) in [5.41, 5.74) is 7.76. The molecule has 2 N–H and O–H groups in total. The van der Waals surface area contributed by atoms with Gasteiger partial charge in [-0.05, 0) is 47.7 Å². The third-order valence-corrected chi connectivity index (χ3v) is 4.63. The third-order valence-electron chi connectivity index (χ3n) is 4.39. The Bertz CT molecular complexity index is 790. The number of carbonyl (C=O) groups excluding carboxylic acids is 2. The van der Waals surface area contributed by atoms with E-state index in [0.29, 0.717) is 17.1 Å². The van der Waals surface area contributed by atoms with Crippen LogP contribution in [0.15, 0.2) is 48.5 Å². The van der Waals surface area contributed by atoms with E-state index in [2.05, 4.69) is 0 Å². The fraction of sp³-hybridized carbons (Fsp3) is 0.263. The Morgan fingerprint density at radius 3 is 2.67 bits per heavy atom. The molecule has 2 aromatic rings. The first-order valence-electron chi connectivity index (χ1n) is 7.85. The number of nitrogens with zero attached hydrogens (tertiary/aromatic N) is 1. The molecule has 0 spiro atoms. The zero-order chi connectivity index (χ0) is 17.3. The lowest BCUT2D eigenvalue weighted by atomic mass is 10.1. The van der Waals surface area contributed by atoms with Gasteiger partial charge < -0.3 is 10.6 Å². The normalized spacial score (nSPS) is 18.9. The van der Waals surface area contributed by atoms with Gasteiger partial charge in [0.15, 0.2) is 0 Å². The van der Waals surface area contributed by atoms with Crippen LogP contribution in [0.5, 0.6) is 0 Å². The van der Waals surface area contributed by atoms with Crippen LogP contribution < -0.4 is 5.73 Å². The van der Waals surface area contributed by atoms with E-state index in [-0.39, 0.29) is 17.7 Å². The largest absolute Gasteiger partial charge is 0.366 e. The number of amides is 2. The molecule has 1 fully saturated rings. The molecule has 2 atom stereocenters. The van der Waals surface area contributed by atoms with E-state index < -0.39 is 5.91 Å². The highest BCUT2D eigenvalue weighted by Gasteiger charge is 2.45. The number of halogens is 1. The molecule has 4 nitrogen and oxygen atoms in total. The second kappa shape index (κ2) is 6.65. The van der Waals surface area contributed by atoms with Crippen molar-refractivity contribution in [1.29, 1.82) is 0 Å². The van der Waals surface area contributed by atoms with Crippen molar-refractivity contribution < 1.29 is 9.59 Å². The van der Waals surface area contributed by atoms with Crippen LogP contribution in [-0.2, 0) is 11.3 Å². The standard InChI is InChI=1S/C19H19ClN2O2/c1-22(11-12-4-2-6-14(8-12)18(21)23)19(24)17-10-16(17)13-5-3-7-15(20)9-13/h2-9,16-17H,10-11H2,1H3,(H2,21,23)/t16-,17-/m1/s1. The Hall–Kier alpha value is -2.33. The van der Waals surface area contributed by atoms with Gasteiger partial charge in [-0.2, -0.15) is 0 Å². The first-order valence-corrected chi connectivity index (χ1v) is 8.22. The van der Waals surface area contributed by atoms with Gasteiger partial charge in [0, 0.05) is 30.1 Å². The summed E-state index contributed by atoms with van der Waals surface area (Å²) in [6.45, 7) is 0.457. The van der Waals surface area contributed by atoms with Crippen LogP contribution in [0, 0.1) is 5.92 Å². The maximum atomic E-state index is 12.6. The van der Waals surface area contributed by atoms with Gasteiger partial charge in [-0.1, -0.05) is 35.9 Å². The van der Waals surface area contributed by atoms with Gasteiger partial charge in [-0.15, -0.1) is 0 Å². The van der Waals surface area contributed by atoms with Gasteiger partial charge in [0.2, 0.25) is 11.8 Å². The summed E-state index contributed by atoms with van der Waals surface area (Å²) in [4.78, 5) is 25.6. The van der Waals surface area contributed by atoms with Gasteiger partial charge in [-0.3, -0.25) is 9.59 Å². The molecule has 24 heavy (non-hydrogen) atoms. The average Bonchev–Trinajstić information content (AvgIpc) is 3.35. The number of benzene rings is 2. The number of primary amides is 1. The molecule has 2 aromatic carbocycles. The number of carbonyl (C=O) groups is 2. The Morgan fingerprint density at radius 1 is 1.21 bits per heavy atom. The van der Waals surface area contributed by atoms with E-state index in [1.807, 2.05) is 30.3 Å². The summed E-state index contributed by atoms with van der Waals surface area (Å²) >= 11 is 6.02. The van der Waals surface area contributed by atoms with Crippen molar-refractivity contribution >= 4 is 23.4 Å². The SMILES string of the molecule is CN(Cc1cccc(C(N)=O)c1)C(=O)[C@@H]1C[C@@H]1c1cccc(Cl)c1. The van der Waals surface area contributed by atoms with Gasteiger partial charge >= 0.3 is 0 Å². The van der Waals surface area contributed by atoms with Crippen LogP contribution in [0.2, 0.25) is 5.02 Å². The Kier molecular flexibility index (Phi) is 4.58. The molecule has 1 saturated carbocycles. The highest BCUT2D eigenvalue weighted by atomic mass is 35.5. The second-order valence-corrected chi connectivity index (χ2v) is 6.70. The molecule has 3 rings (SSSR count). The third kappa shape index (κ3) is 3.60. The smallest absolute Gasteiger partial charge is 0.248 e. The minimum Gasteiger partial charge on any atom is -0.366 e. The number of hydrogen-bond acceptors (Lipinski definition) is 2. The molecule has 2 amide bonds. The van der Waals surface area contributed by atoms with Crippen molar-refractivity contribution in [3.63, 3.8) is 0 Å². The van der Waals surface area contributed by atoms with Crippen LogP contribution in [0.1, 0.15) is 33.8 Å². The molecular weight excluding hydrogens is 324 g/mol. The van der Waals surface area contributed by atoms with E-state index in [1.165, 1.54) is 0 Å². The van der Waals surface area contributed by atoms with Gasteiger partial charge in [0.25, 0.3) is 0 Å². The van der Waals surface area contributed by atoms with Crippen LogP contribution in [-0.4, -0.2) is 23.8 Å². The van der Waals surface area contributed by atoms with Crippen molar-refractivity contribution in [2.45, 2.75) is 18.9 Å². The summed E-state index contributed by atoms with van der Waals surface area (Å²) in [7, 11) is 1.78. The fourth-order valence-electron chi connectivity index (χ4n) is 3.03. The van der Waals surface area contributed by atoms with E-state index in [1.54, 1.807) is 30.1 Å². The summed E-state index contributed by atoms with van der Waals surface area (Å²) in [5, 5.41) is 0.697. The van der Waals surface area contributed by atoms with E-state index in [9.17, 15) is 9.59 Å². The fourth-order valence-corrected chi connectivity index (χ4v) is 3.23. The molecule has 5 heteroatoms. The second-order valence-electron chi connectivity index (χ2n) is 6.26. The van der Waals surface area contributed by atoms with E-state index in [4.69, 9.17) is 17.3 Å². The van der Waals surface area contributed by atoms with Crippen molar-refractivity contribution in [3.8, 4) is 0 Å². The molecule has 0 aliphatic heterocycles. The highest BCUT2D eigenvalue weighted by molar-refractivity contribution is 6.30. The molecule has 124 valence electrons. The number of hydrogen-bond donors (Lipinski definition) is 1. The first-order chi connectivity index (χ1) is 11.5. The summed E-state index contributed by atoms with van der Waals surface area (Å²) in [6.07, 6.45) is 0.852. The molecule has 0 unspecified atom stereocenters. The van der Waals surface area contributed by atoms with Crippen molar-refractivity contribution in [3.05, 3.63) is 70.2 Å². The molecular formula is C19H19ClN2O2. The maximum absolute atomic E-state index is 12.6. The molecule has 1 aliphatic rings. The molecule has 0 radical (unpaired) electrons. The zero-order valence-corrected chi connectivity index (χ0v) is 14.2. The monoisotopic (exact) mass is 342 g/mol. The van der Waals surface area contributed by atoms with Crippen LogP contribution in [0.3, 0.4) is 0 Å². The summed E-state index contributed by atoms with van der Waals surface area (Å²) < 4.78 is 0. The molecule has 0 heterocycles. The number of nitrogens with two attached hydrogens (primary N) is 1. The van der Waals surface area contributed by atoms with Crippen LogP contribution >= 0.6 is 11.6 Å².